The van der Waals surface area contributed by atoms with Crippen LogP contribution in [-0.4, -0.2) is 30.0 Å². The van der Waals surface area contributed by atoms with Gasteiger partial charge >= 0.3 is 0 Å². The third-order valence-electron chi connectivity index (χ3n) is 2.65. The van der Waals surface area contributed by atoms with Gasteiger partial charge in [0, 0.05) is 12.6 Å². The van der Waals surface area contributed by atoms with Crippen molar-refractivity contribution in [1.29, 1.82) is 0 Å². The summed E-state index contributed by atoms with van der Waals surface area (Å²) in [6.45, 7) is 4.12. The summed E-state index contributed by atoms with van der Waals surface area (Å²) in [6, 6.07) is 2.43. The minimum absolute atomic E-state index is 0.451. The van der Waals surface area contributed by atoms with Crippen molar-refractivity contribution in [2.75, 3.05) is 20.2 Å². The Balaban J connectivity index is 2.20. The fraction of sp³-hybridized carbons (Fsp3) is 0.700. The maximum atomic E-state index is 5.29. The number of piperidine rings is 1. The molecule has 1 unspecified atom stereocenters. The molecule has 0 saturated carbocycles. The number of aromatic nitrogens is 2. The fourth-order valence-electron chi connectivity index (χ4n) is 1.95. The molecule has 1 N–H and O–H groups in total. The summed E-state index contributed by atoms with van der Waals surface area (Å²) in [5.41, 5.74) is 1.02. The second-order valence-electron chi connectivity index (χ2n) is 3.77. The van der Waals surface area contributed by atoms with Crippen molar-refractivity contribution < 1.29 is 4.74 Å². The minimum atomic E-state index is 0.451. The van der Waals surface area contributed by atoms with Gasteiger partial charge < -0.3 is 10.1 Å². The first-order valence-corrected chi connectivity index (χ1v) is 5.12. The van der Waals surface area contributed by atoms with Gasteiger partial charge in [0.1, 0.15) is 0 Å². The molecule has 1 fully saturated rings. The van der Waals surface area contributed by atoms with Gasteiger partial charge in [0.05, 0.1) is 18.8 Å². The second-order valence-corrected chi connectivity index (χ2v) is 3.77. The highest BCUT2D eigenvalue weighted by molar-refractivity contribution is 5.16. The lowest BCUT2D eigenvalue weighted by Gasteiger charge is -2.24. The smallest absolute Gasteiger partial charge is 0.211 e. The standard InChI is InChI=1S/C10H17N3O/c1-8-6-10(14-2)13(12-8)9-4-3-5-11-7-9/h6,9,11H,3-5,7H2,1-2H3. The van der Waals surface area contributed by atoms with E-state index in [4.69, 9.17) is 4.74 Å². The van der Waals surface area contributed by atoms with Crippen LogP contribution in [0.2, 0.25) is 0 Å². The van der Waals surface area contributed by atoms with E-state index >= 15 is 0 Å². The molecule has 1 aromatic heterocycles. The molecule has 78 valence electrons. The minimum Gasteiger partial charge on any atom is -0.481 e. The normalized spacial score (nSPS) is 22.3. The maximum absolute atomic E-state index is 5.29. The quantitative estimate of drug-likeness (QED) is 0.768. The first-order valence-electron chi connectivity index (χ1n) is 5.12. The van der Waals surface area contributed by atoms with Gasteiger partial charge in [-0.15, -0.1) is 0 Å². The van der Waals surface area contributed by atoms with E-state index in [9.17, 15) is 0 Å². The highest BCUT2D eigenvalue weighted by atomic mass is 16.5. The zero-order valence-electron chi connectivity index (χ0n) is 8.79. The van der Waals surface area contributed by atoms with Gasteiger partial charge in [0.2, 0.25) is 5.88 Å². The molecule has 1 atom stereocenters. The Kier molecular flexibility index (Phi) is 2.72. The topological polar surface area (TPSA) is 39.1 Å². The van der Waals surface area contributed by atoms with Crippen molar-refractivity contribution in [2.24, 2.45) is 0 Å². The highest BCUT2D eigenvalue weighted by Gasteiger charge is 2.19. The summed E-state index contributed by atoms with van der Waals surface area (Å²) in [6.07, 6.45) is 2.40. The largest absolute Gasteiger partial charge is 0.481 e. The molecule has 0 aromatic carbocycles. The molecule has 2 rings (SSSR count). The van der Waals surface area contributed by atoms with Crippen LogP contribution < -0.4 is 10.1 Å². The van der Waals surface area contributed by atoms with E-state index in [0.29, 0.717) is 6.04 Å². The van der Waals surface area contributed by atoms with Crippen LogP contribution >= 0.6 is 0 Å². The number of rotatable bonds is 2. The third kappa shape index (κ3) is 1.75. The molecule has 1 aliphatic rings. The molecular formula is C10H17N3O. The summed E-state index contributed by atoms with van der Waals surface area (Å²) in [5.74, 6) is 0.871. The van der Waals surface area contributed by atoms with Crippen LogP contribution in [0.15, 0.2) is 6.07 Å². The number of nitrogens with zero attached hydrogens (tertiary/aromatic N) is 2. The van der Waals surface area contributed by atoms with Gasteiger partial charge in [-0.05, 0) is 26.3 Å². The van der Waals surface area contributed by atoms with E-state index in [1.165, 1.54) is 12.8 Å². The van der Waals surface area contributed by atoms with Crippen LogP contribution in [0.3, 0.4) is 0 Å². The van der Waals surface area contributed by atoms with E-state index in [2.05, 4.69) is 10.4 Å². The number of aryl methyl sites for hydroxylation is 1. The van der Waals surface area contributed by atoms with E-state index in [0.717, 1.165) is 24.7 Å². The SMILES string of the molecule is COc1cc(C)nn1C1CCCNC1. The van der Waals surface area contributed by atoms with Crippen LogP contribution in [0.25, 0.3) is 0 Å². The molecule has 0 bridgehead atoms. The Labute approximate surface area is 84.3 Å². The molecule has 0 spiro atoms. The molecule has 14 heavy (non-hydrogen) atoms. The second kappa shape index (κ2) is 4.00. The van der Waals surface area contributed by atoms with Crippen molar-refractivity contribution in [3.8, 4) is 5.88 Å². The van der Waals surface area contributed by atoms with Crippen molar-refractivity contribution >= 4 is 0 Å². The Bertz CT molecular complexity index is 302. The van der Waals surface area contributed by atoms with E-state index in [1.807, 2.05) is 17.7 Å². The summed E-state index contributed by atoms with van der Waals surface area (Å²) in [5, 5.41) is 7.83. The molecule has 1 aliphatic heterocycles. The van der Waals surface area contributed by atoms with Crippen LogP contribution in [0.4, 0.5) is 0 Å². The molecule has 0 aliphatic carbocycles. The van der Waals surface area contributed by atoms with E-state index in [1.54, 1.807) is 7.11 Å². The lowest BCUT2D eigenvalue weighted by atomic mass is 10.1. The number of hydrogen-bond donors (Lipinski definition) is 1. The first kappa shape index (κ1) is 9.52. The summed E-state index contributed by atoms with van der Waals surface area (Å²) < 4.78 is 7.29. The van der Waals surface area contributed by atoms with Crippen LogP contribution in [0.1, 0.15) is 24.6 Å². The molecule has 2 heterocycles. The lowest BCUT2D eigenvalue weighted by molar-refractivity contribution is 0.291. The first-order chi connectivity index (χ1) is 6.81. The molecule has 0 radical (unpaired) electrons. The Morgan fingerprint density at radius 1 is 1.64 bits per heavy atom. The molecular weight excluding hydrogens is 178 g/mol. The predicted octanol–water partition coefficient (Wildman–Crippen LogP) is 1.12. The number of ether oxygens (including phenoxy) is 1. The van der Waals surface area contributed by atoms with E-state index in [-0.39, 0.29) is 0 Å². The van der Waals surface area contributed by atoms with Gasteiger partial charge in [0.15, 0.2) is 0 Å². The molecule has 1 saturated heterocycles. The van der Waals surface area contributed by atoms with Gasteiger partial charge in [-0.25, -0.2) is 4.68 Å². The number of methoxy groups -OCH3 is 1. The summed E-state index contributed by atoms with van der Waals surface area (Å²) in [7, 11) is 1.70. The van der Waals surface area contributed by atoms with Crippen molar-refractivity contribution in [2.45, 2.75) is 25.8 Å². The maximum Gasteiger partial charge on any atom is 0.211 e. The summed E-state index contributed by atoms with van der Waals surface area (Å²) in [4.78, 5) is 0. The van der Waals surface area contributed by atoms with Crippen LogP contribution in [-0.2, 0) is 0 Å². The molecule has 4 heteroatoms. The molecule has 1 aromatic rings. The van der Waals surface area contributed by atoms with Crippen molar-refractivity contribution in [3.63, 3.8) is 0 Å². The monoisotopic (exact) mass is 195 g/mol. The van der Waals surface area contributed by atoms with Crippen LogP contribution in [0, 0.1) is 6.92 Å². The number of hydrogen-bond acceptors (Lipinski definition) is 3. The number of nitrogens with one attached hydrogen (secondary N) is 1. The Morgan fingerprint density at radius 3 is 3.14 bits per heavy atom. The van der Waals surface area contributed by atoms with Gasteiger partial charge in [-0.3, -0.25) is 0 Å². The summed E-state index contributed by atoms with van der Waals surface area (Å²) >= 11 is 0. The van der Waals surface area contributed by atoms with E-state index < -0.39 is 0 Å². The zero-order chi connectivity index (χ0) is 9.97. The highest BCUT2D eigenvalue weighted by Crippen LogP contribution is 2.23. The van der Waals surface area contributed by atoms with Gasteiger partial charge in [-0.1, -0.05) is 0 Å². The van der Waals surface area contributed by atoms with Crippen molar-refractivity contribution in [1.82, 2.24) is 15.1 Å². The Morgan fingerprint density at radius 2 is 2.50 bits per heavy atom. The van der Waals surface area contributed by atoms with Crippen LogP contribution in [0.5, 0.6) is 5.88 Å². The average Bonchev–Trinajstić information content (AvgIpc) is 2.61. The van der Waals surface area contributed by atoms with Gasteiger partial charge in [0.25, 0.3) is 0 Å². The fourth-order valence-corrected chi connectivity index (χ4v) is 1.95. The Hall–Kier alpha value is -1.03. The predicted molar refractivity (Wildman–Crippen MR) is 54.7 cm³/mol. The van der Waals surface area contributed by atoms with Gasteiger partial charge in [-0.2, -0.15) is 5.10 Å². The molecule has 0 amide bonds. The zero-order valence-corrected chi connectivity index (χ0v) is 8.79. The molecule has 4 nitrogen and oxygen atoms in total. The van der Waals surface area contributed by atoms with Crippen molar-refractivity contribution in [3.05, 3.63) is 11.8 Å². The average molecular weight is 195 g/mol. The third-order valence-corrected chi connectivity index (χ3v) is 2.65. The lowest BCUT2D eigenvalue weighted by Crippen LogP contribution is -2.32.